The smallest absolute Gasteiger partial charge is 0.251 e. The Morgan fingerprint density at radius 1 is 1.24 bits per heavy atom. The standard InChI is InChI=1S/C17H29N5O.2ClH/c1-4-17(5-2,13-18)20-16(23)14-6-7-19-15(12-14)22-10-8-21(3)9-11-22;;/h6-7,12H,4-5,8-11,13,18H2,1-3H3,(H,20,23);2*1H. The highest BCUT2D eigenvalue weighted by Crippen LogP contribution is 2.17. The predicted molar refractivity (Wildman–Crippen MR) is 108 cm³/mol. The van der Waals surface area contributed by atoms with Gasteiger partial charge in [-0.1, -0.05) is 13.8 Å². The number of nitrogens with two attached hydrogens (primary N) is 1. The van der Waals surface area contributed by atoms with Crippen LogP contribution in [0.4, 0.5) is 5.82 Å². The molecule has 8 heteroatoms. The highest BCUT2D eigenvalue weighted by Gasteiger charge is 2.27. The molecule has 3 N–H and O–H groups in total. The number of likely N-dealkylation sites (N-methyl/N-ethyl adjacent to an activating group) is 1. The molecule has 0 aromatic carbocycles. The first-order valence-corrected chi connectivity index (χ1v) is 8.45. The van der Waals surface area contributed by atoms with Crippen molar-refractivity contribution in [3.8, 4) is 0 Å². The maximum absolute atomic E-state index is 12.6. The first-order chi connectivity index (χ1) is 11.0. The number of nitrogens with zero attached hydrogens (tertiary/aromatic N) is 3. The van der Waals surface area contributed by atoms with E-state index < -0.39 is 0 Å². The molecular formula is C17H31Cl2N5O. The Kier molecular flexibility index (Phi) is 10.3. The van der Waals surface area contributed by atoms with Gasteiger partial charge in [0.05, 0.1) is 5.54 Å². The summed E-state index contributed by atoms with van der Waals surface area (Å²) in [6.45, 7) is 8.45. The summed E-state index contributed by atoms with van der Waals surface area (Å²) in [6.07, 6.45) is 3.36. The highest BCUT2D eigenvalue weighted by molar-refractivity contribution is 5.95. The first kappa shape index (κ1) is 23.9. The Balaban J connectivity index is 0.00000288. The van der Waals surface area contributed by atoms with Crippen LogP contribution in [0.3, 0.4) is 0 Å². The zero-order chi connectivity index (χ0) is 16.9. The van der Waals surface area contributed by atoms with Crippen LogP contribution in [0.5, 0.6) is 0 Å². The largest absolute Gasteiger partial charge is 0.354 e. The number of anilines is 1. The molecule has 6 nitrogen and oxygen atoms in total. The summed E-state index contributed by atoms with van der Waals surface area (Å²) < 4.78 is 0. The van der Waals surface area contributed by atoms with E-state index in [1.165, 1.54) is 0 Å². The van der Waals surface area contributed by atoms with Crippen molar-refractivity contribution in [1.29, 1.82) is 0 Å². The monoisotopic (exact) mass is 391 g/mol. The normalized spacial score (nSPS) is 15.1. The molecule has 1 fully saturated rings. The van der Waals surface area contributed by atoms with Crippen LogP contribution < -0.4 is 16.0 Å². The van der Waals surface area contributed by atoms with E-state index in [2.05, 4.69) is 41.0 Å². The molecule has 144 valence electrons. The molecular weight excluding hydrogens is 361 g/mol. The lowest BCUT2D eigenvalue weighted by Crippen LogP contribution is -2.52. The van der Waals surface area contributed by atoms with Gasteiger partial charge in [-0.05, 0) is 32.0 Å². The molecule has 1 aliphatic heterocycles. The van der Waals surface area contributed by atoms with Crippen LogP contribution in [-0.2, 0) is 0 Å². The van der Waals surface area contributed by atoms with E-state index in [0.717, 1.165) is 44.8 Å². The topological polar surface area (TPSA) is 74.5 Å². The Hall–Kier alpha value is -1.08. The second-order valence-corrected chi connectivity index (χ2v) is 6.34. The lowest BCUT2D eigenvalue weighted by atomic mass is 9.92. The van der Waals surface area contributed by atoms with Crippen LogP contribution in [0.2, 0.25) is 0 Å². The third-order valence-corrected chi connectivity index (χ3v) is 4.96. The van der Waals surface area contributed by atoms with Crippen molar-refractivity contribution < 1.29 is 4.79 Å². The van der Waals surface area contributed by atoms with Gasteiger partial charge >= 0.3 is 0 Å². The van der Waals surface area contributed by atoms with E-state index in [-0.39, 0.29) is 36.3 Å². The van der Waals surface area contributed by atoms with E-state index in [9.17, 15) is 4.79 Å². The summed E-state index contributed by atoms with van der Waals surface area (Å²) >= 11 is 0. The molecule has 2 rings (SSSR count). The molecule has 0 radical (unpaired) electrons. The molecule has 0 spiro atoms. The van der Waals surface area contributed by atoms with Gasteiger partial charge in [0.2, 0.25) is 0 Å². The van der Waals surface area contributed by atoms with Crippen molar-refractivity contribution in [2.45, 2.75) is 32.2 Å². The minimum absolute atomic E-state index is 0. The van der Waals surface area contributed by atoms with E-state index in [1.54, 1.807) is 12.3 Å². The van der Waals surface area contributed by atoms with Gasteiger partial charge in [-0.3, -0.25) is 4.79 Å². The number of carbonyl (C=O) groups excluding carboxylic acids is 1. The fourth-order valence-corrected chi connectivity index (χ4v) is 2.85. The minimum atomic E-state index is -0.325. The summed E-state index contributed by atoms with van der Waals surface area (Å²) in [6, 6.07) is 3.65. The molecule has 0 saturated carbocycles. The minimum Gasteiger partial charge on any atom is -0.354 e. The van der Waals surface area contributed by atoms with Gasteiger partial charge in [0.15, 0.2) is 0 Å². The third-order valence-electron chi connectivity index (χ3n) is 4.96. The van der Waals surface area contributed by atoms with E-state index in [4.69, 9.17) is 5.73 Å². The second kappa shape index (κ2) is 10.8. The molecule has 0 unspecified atom stereocenters. The number of halogens is 2. The van der Waals surface area contributed by atoms with Crippen molar-refractivity contribution in [1.82, 2.24) is 15.2 Å². The zero-order valence-corrected chi connectivity index (χ0v) is 17.0. The fourth-order valence-electron chi connectivity index (χ4n) is 2.85. The van der Waals surface area contributed by atoms with Crippen LogP contribution in [0.15, 0.2) is 18.3 Å². The van der Waals surface area contributed by atoms with Crippen molar-refractivity contribution in [2.24, 2.45) is 5.73 Å². The molecule has 1 aromatic heterocycles. The average molecular weight is 392 g/mol. The number of amides is 1. The van der Waals surface area contributed by atoms with Crippen LogP contribution in [0.25, 0.3) is 0 Å². The van der Waals surface area contributed by atoms with Crippen LogP contribution >= 0.6 is 24.8 Å². The number of carbonyl (C=O) groups is 1. The highest BCUT2D eigenvalue weighted by atomic mass is 35.5. The van der Waals surface area contributed by atoms with Gasteiger partial charge in [-0.15, -0.1) is 24.8 Å². The maximum atomic E-state index is 12.6. The van der Waals surface area contributed by atoms with Gasteiger partial charge in [-0.2, -0.15) is 0 Å². The third kappa shape index (κ3) is 5.99. The average Bonchev–Trinajstić information content (AvgIpc) is 2.60. The number of nitrogens with one attached hydrogen (secondary N) is 1. The Labute approximate surface area is 163 Å². The van der Waals surface area contributed by atoms with Crippen molar-refractivity contribution in [3.05, 3.63) is 23.9 Å². The molecule has 0 atom stereocenters. The molecule has 0 bridgehead atoms. The van der Waals surface area contributed by atoms with Crippen LogP contribution in [0, 0.1) is 0 Å². The zero-order valence-electron chi connectivity index (χ0n) is 15.3. The first-order valence-electron chi connectivity index (χ1n) is 8.45. The molecule has 1 aliphatic rings. The van der Waals surface area contributed by atoms with Gasteiger partial charge < -0.3 is 20.9 Å². The fraction of sp³-hybridized carbons (Fsp3) is 0.647. The van der Waals surface area contributed by atoms with Gasteiger partial charge in [-0.25, -0.2) is 4.98 Å². The molecule has 25 heavy (non-hydrogen) atoms. The van der Waals surface area contributed by atoms with E-state index in [0.29, 0.717) is 12.1 Å². The lowest BCUT2D eigenvalue weighted by molar-refractivity contribution is 0.0895. The number of pyridine rings is 1. The number of hydrogen-bond acceptors (Lipinski definition) is 5. The summed E-state index contributed by atoms with van der Waals surface area (Å²) in [5, 5.41) is 3.11. The quantitative estimate of drug-likeness (QED) is 0.774. The van der Waals surface area contributed by atoms with Gasteiger partial charge in [0.1, 0.15) is 5.82 Å². The summed E-state index contributed by atoms with van der Waals surface area (Å²) in [7, 11) is 2.12. The molecule has 2 heterocycles. The maximum Gasteiger partial charge on any atom is 0.251 e. The summed E-state index contributed by atoms with van der Waals surface area (Å²) in [5.41, 5.74) is 6.20. The second-order valence-electron chi connectivity index (χ2n) is 6.34. The van der Waals surface area contributed by atoms with Crippen molar-refractivity contribution in [3.63, 3.8) is 0 Å². The van der Waals surface area contributed by atoms with Crippen molar-refractivity contribution in [2.75, 3.05) is 44.7 Å². The number of rotatable bonds is 6. The summed E-state index contributed by atoms with van der Waals surface area (Å²) in [5.74, 6) is 0.800. The Morgan fingerprint density at radius 2 is 1.84 bits per heavy atom. The molecule has 1 amide bonds. The Bertz CT molecular complexity index is 523. The predicted octanol–water partition coefficient (Wildman–Crippen LogP) is 1.92. The van der Waals surface area contributed by atoms with Crippen LogP contribution in [0.1, 0.15) is 37.0 Å². The summed E-state index contributed by atoms with van der Waals surface area (Å²) in [4.78, 5) is 21.6. The van der Waals surface area contributed by atoms with Crippen LogP contribution in [-0.4, -0.2) is 61.1 Å². The van der Waals surface area contributed by atoms with Crippen molar-refractivity contribution >= 4 is 36.5 Å². The molecule has 0 aliphatic carbocycles. The van der Waals surface area contributed by atoms with Gasteiger partial charge in [0.25, 0.3) is 5.91 Å². The van der Waals surface area contributed by atoms with E-state index >= 15 is 0 Å². The molecule has 1 saturated heterocycles. The Morgan fingerprint density at radius 3 is 2.36 bits per heavy atom. The number of hydrogen-bond donors (Lipinski definition) is 2. The number of piperazine rings is 1. The lowest BCUT2D eigenvalue weighted by Gasteiger charge is -2.33. The van der Waals surface area contributed by atoms with Gasteiger partial charge in [0, 0.05) is 44.5 Å². The van der Waals surface area contributed by atoms with E-state index in [1.807, 2.05) is 6.07 Å². The molecule has 1 aromatic rings. The SMILES string of the molecule is CCC(CC)(CN)NC(=O)c1ccnc(N2CCN(C)CC2)c1.Cl.Cl. The number of aromatic nitrogens is 1.